The van der Waals surface area contributed by atoms with Crippen molar-refractivity contribution < 1.29 is 9.59 Å². The highest BCUT2D eigenvalue weighted by Crippen LogP contribution is 2.25. The third-order valence-electron chi connectivity index (χ3n) is 3.48. The van der Waals surface area contributed by atoms with Crippen molar-refractivity contribution in [1.82, 2.24) is 4.57 Å². The van der Waals surface area contributed by atoms with E-state index in [1.807, 2.05) is 42.5 Å². The van der Waals surface area contributed by atoms with E-state index in [-0.39, 0.29) is 10.9 Å². The summed E-state index contributed by atoms with van der Waals surface area (Å²) in [7, 11) is 0. The van der Waals surface area contributed by atoms with Crippen LogP contribution in [0.1, 0.15) is 27.6 Å². The molecule has 0 radical (unpaired) electrons. The lowest BCUT2D eigenvalue weighted by Gasteiger charge is -2.06. The minimum atomic E-state index is -0.113. The summed E-state index contributed by atoms with van der Waals surface area (Å²) in [6, 6.07) is 16.5. The fraction of sp³-hybridized carbons (Fsp3) is 0.0556. The summed E-state index contributed by atoms with van der Waals surface area (Å²) in [4.78, 5) is 24.1. The maximum atomic E-state index is 12.3. The molecule has 0 fully saturated rings. The van der Waals surface area contributed by atoms with Gasteiger partial charge in [-0.25, -0.2) is 0 Å². The third kappa shape index (κ3) is 3.11. The minimum Gasteiger partial charge on any atom is -0.301 e. The normalized spacial score (nSPS) is 10.7. The first-order chi connectivity index (χ1) is 11.1. The molecule has 2 aromatic carbocycles. The number of hydrogen-bond acceptors (Lipinski definition) is 4. The van der Waals surface area contributed by atoms with E-state index in [2.05, 4.69) is 0 Å². The molecule has 0 aliphatic heterocycles. The zero-order valence-electron chi connectivity index (χ0n) is 12.4. The van der Waals surface area contributed by atoms with Crippen LogP contribution >= 0.6 is 24.0 Å². The number of aromatic nitrogens is 1. The number of benzene rings is 2. The van der Waals surface area contributed by atoms with Crippen LogP contribution in [0.2, 0.25) is 0 Å². The molecular formula is C18H13NO2S2. The highest BCUT2D eigenvalue weighted by Gasteiger charge is 2.17. The van der Waals surface area contributed by atoms with Crippen LogP contribution in [0.4, 0.5) is 0 Å². The summed E-state index contributed by atoms with van der Waals surface area (Å²) >= 11 is 6.41. The predicted octanol–water partition coefficient (Wildman–Crippen LogP) is 4.55. The van der Waals surface area contributed by atoms with E-state index in [1.165, 1.54) is 6.92 Å². The van der Waals surface area contributed by atoms with Gasteiger partial charge in [-0.05, 0) is 24.8 Å². The number of nitrogens with zero attached hydrogens (tertiary/aromatic N) is 1. The highest BCUT2D eigenvalue weighted by atomic mass is 32.2. The van der Waals surface area contributed by atoms with Gasteiger partial charge in [0.25, 0.3) is 0 Å². The second kappa shape index (κ2) is 6.48. The molecule has 0 saturated carbocycles. The molecule has 0 spiro atoms. The van der Waals surface area contributed by atoms with Crippen molar-refractivity contribution in [1.29, 1.82) is 0 Å². The van der Waals surface area contributed by atoms with E-state index in [1.54, 1.807) is 22.9 Å². The maximum Gasteiger partial charge on any atom is 0.226 e. The number of ketones is 1. The molecule has 0 aliphatic carbocycles. The zero-order chi connectivity index (χ0) is 16.4. The number of thiocarbonyl (C=S) groups is 1. The lowest BCUT2D eigenvalue weighted by Crippen LogP contribution is -2.07. The van der Waals surface area contributed by atoms with Gasteiger partial charge in [-0.3, -0.25) is 9.59 Å². The van der Waals surface area contributed by atoms with E-state index in [4.69, 9.17) is 12.2 Å². The van der Waals surface area contributed by atoms with Gasteiger partial charge >= 0.3 is 0 Å². The van der Waals surface area contributed by atoms with E-state index in [0.717, 1.165) is 22.7 Å². The largest absolute Gasteiger partial charge is 0.301 e. The van der Waals surface area contributed by atoms with Crippen molar-refractivity contribution in [2.24, 2.45) is 0 Å². The van der Waals surface area contributed by atoms with Crippen LogP contribution in [-0.2, 0) is 0 Å². The van der Waals surface area contributed by atoms with Gasteiger partial charge in [0.15, 0.2) is 10.1 Å². The van der Waals surface area contributed by atoms with Crippen LogP contribution in [0.3, 0.4) is 0 Å². The molecule has 114 valence electrons. The molecule has 0 aliphatic rings. The van der Waals surface area contributed by atoms with Gasteiger partial charge in [0.05, 0.1) is 5.52 Å². The molecule has 3 nitrogen and oxygen atoms in total. The number of thioether (sulfide) groups is 1. The van der Waals surface area contributed by atoms with Crippen molar-refractivity contribution in [3.8, 4) is 0 Å². The van der Waals surface area contributed by atoms with E-state index >= 15 is 0 Å². The lowest BCUT2D eigenvalue weighted by atomic mass is 10.1. The molecular weight excluding hydrogens is 326 g/mol. The van der Waals surface area contributed by atoms with E-state index in [0.29, 0.717) is 15.4 Å². The topological polar surface area (TPSA) is 39.1 Å². The van der Waals surface area contributed by atoms with Crippen molar-refractivity contribution in [2.75, 3.05) is 0 Å². The van der Waals surface area contributed by atoms with Crippen molar-refractivity contribution in [3.63, 3.8) is 0 Å². The second-order valence-corrected chi connectivity index (χ2v) is 6.61. The van der Waals surface area contributed by atoms with E-state index < -0.39 is 0 Å². The Morgan fingerprint density at radius 3 is 2.35 bits per heavy atom. The van der Waals surface area contributed by atoms with Crippen LogP contribution in [-0.4, -0.2) is 19.8 Å². The Morgan fingerprint density at radius 2 is 1.65 bits per heavy atom. The van der Waals surface area contributed by atoms with Crippen LogP contribution in [0.15, 0.2) is 60.8 Å². The second-order valence-electron chi connectivity index (χ2n) is 5.01. The van der Waals surface area contributed by atoms with Gasteiger partial charge in [0, 0.05) is 22.7 Å². The number of carbonyl (C=O) groups is 2. The standard InChI is InChI=1S/C18H13NO2S2/c1-12(20)15-11-19(16-10-6-5-9-14(15)16)18(22)23-17(21)13-7-3-2-4-8-13/h2-11H,1H3. The summed E-state index contributed by atoms with van der Waals surface area (Å²) < 4.78 is 2.13. The van der Waals surface area contributed by atoms with Gasteiger partial charge in [-0.1, -0.05) is 60.7 Å². The zero-order valence-corrected chi connectivity index (χ0v) is 14.0. The SMILES string of the molecule is CC(=O)c1cn(C(=S)SC(=O)c2ccccc2)c2ccccc12. The number of carbonyl (C=O) groups excluding carboxylic acids is 2. The molecule has 3 rings (SSSR count). The maximum absolute atomic E-state index is 12.3. The molecule has 0 atom stereocenters. The van der Waals surface area contributed by atoms with Crippen molar-refractivity contribution in [2.45, 2.75) is 6.92 Å². The summed E-state index contributed by atoms with van der Waals surface area (Å²) in [6.07, 6.45) is 1.71. The van der Waals surface area contributed by atoms with Gasteiger partial charge in [-0.2, -0.15) is 0 Å². The Kier molecular flexibility index (Phi) is 4.41. The highest BCUT2D eigenvalue weighted by molar-refractivity contribution is 8.33. The molecule has 3 aromatic rings. The molecule has 5 heteroatoms. The Morgan fingerprint density at radius 1 is 1.00 bits per heavy atom. The molecule has 0 saturated heterocycles. The molecule has 0 amide bonds. The van der Waals surface area contributed by atoms with Crippen LogP contribution in [0.25, 0.3) is 10.9 Å². The minimum absolute atomic E-state index is 0.0258. The molecule has 23 heavy (non-hydrogen) atoms. The predicted molar refractivity (Wildman–Crippen MR) is 98.3 cm³/mol. The van der Waals surface area contributed by atoms with Gasteiger partial charge in [0.2, 0.25) is 5.12 Å². The fourth-order valence-electron chi connectivity index (χ4n) is 2.37. The first-order valence-electron chi connectivity index (χ1n) is 7.00. The quantitative estimate of drug-likeness (QED) is 0.507. The number of Topliss-reactive ketones (excluding diaryl/α,β-unsaturated/α-hetero) is 1. The smallest absolute Gasteiger partial charge is 0.226 e. The average molecular weight is 339 g/mol. The first-order valence-corrected chi connectivity index (χ1v) is 8.23. The Hall–Kier alpha value is -2.24. The summed E-state index contributed by atoms with van der Waals surface area (Å²) in [5.74, 6) is -0.0258. The fourth-order valence-corrected chi connectivity index (χ4v) is 3.41. The summed E-state index contributed by atoms with van der Waals surface area (Å²) in [5, 5.41) is 0.730. The Labute approximate surface area is 143 Å². The molecule has 0 N–H and O–H groups in total. The first kappa shape index (κ1) is 15.6. The summed E-state index contributed by atoms with van der Waals surface area (Å²) in [5.41, 5.74) is 2.04. The molecule has 1 heterocycles. The van der Waals surface area contributed by atoms with Crippen molar-refractivity contribution >= 4 is 50.1 Å². The van der Waals surface area contributed by atoms with Crippen LogP contribution in [0, 0.1) is 0 Å². The Balaban J connectivity index is 1.96. The summed E-state index contributed by atoms with van der Waals surface area (Å²) in [6.45, 7) is 1.53. The van der Waals surface area contributed by atoms with Crippen molar-refractivity contribution in [3.05, 3.63) is 71.9 Å². The number of fused-ring (bicyclic) bond motifs is 1. The van der Waals surface area contributed by atoms with Gasteiger partial charge < -0.3 is 4.57 Å². The molecule has 0 bridgehead atoms. The number of rotatable bonds is 2. The van der Waals surface area contributed by atoms with Crippen LogP contribution in [0.5, 0.6) is 0 Å². The van der Waals surface area contributed by atoms with Gasteiger partial charge in [-0.15, -0.1) is 0 Å². The van der Waals surface area contributed by atoms with Crippen LogP contribution < -0.4 is 0 Å². The number of hydrogen-bond donors (Lipinski definition) is 0. The van der Waals surface area contributed by atoms with Gasteiger partial charge in [0.1, 0.15) is 0 Å². The third-order valence-corrected chi connectivity index (χ3v) is 4.72. The monoisotopic (exact) mass is 339 g/mol. The lowest BCUT2D eigenvalue weighted by molar-refractivity contribution is 0.101. The molecule has 1 aromatic heterocycles. The average Bonchev–Trinajstić information content (AvgIpc) is 2.95. The number of para-hydroxylation sites is 1. The molecule has 0 unspecified atom stereocenters. The van der Waals surface area contributed by atoms with E-state index in [9.17, 15) is 9.59 Å². The Bertz CT molecular complexity index is 913.